The number of rotatable bonds is 12. The zero-order chi connectivity index (χ0) is 54.1. The molecule has 0 unspecified atom stereocenters. The van der Waals surface area contributed by atoms with Crippen molar-refractivity contribution in [3.63, 3.8) is 0 Å². The van der Waals surface area contributed by atoms with Crippen LogP contribution in [0.3, 0.4) is 0 Å². The van der Waals surface area contributed by atoms with E-state index in [-0.39, 0.29) is 0 Å². The maximum atomic E-state index is 5.46. The number of hydrogen-bond acceptors (Lipinski definition) is 4. The van der Waals surface area contributed by atoms with E-state index in [1.165, 1.54) is 44.5 Å². The van der Waals surface area contributed by atoms with E-state index >= 15 is 0 Å². The number of ether oxygens (including phenoxy) is 4. The lowest BCUT2D eigenvalue weighted by molar-refractivity contribution is 0.415. The number of hydrogen-bond donors (Lipinski definition) is 0. The molecule has 0 N–H and O–H groups in total. The van der Waals surface area contributed by atoms with Crippen molar-refractivity contribution >= 4 is 0 Å². The van der Waals surface area contributed by atoms with Crippen LogP contribution in [0.5, 0.6) is 23.0 Å². The van der Waals surface area contributed by atoms with E-state index in [2.05, 4.69) is 218 Å². The highest BCUT2D eigenvalue weighted by molar-refractivity contribution is 6.06. The molecule has 0 amide bonds. The quantitative estimate of drug-likeness (QED) is 0.122. The van der Waals surface area contributed by atoms with E-state index < -0.39 is 0 Å². The minimum Gasteiger partial charge on any atom is -0.497 e. The average Bonchev–Trinajstić information content (AvgIpc) is 3.68. The second-order valence-electron chi connectivity index (χ2n) is 20.3. The Bertz CT molecular complexity index is 3630. The van der Waals surface area contributed by atoms with Gasteiger partial charge in [-0.3, -0.25) is 0 Å². The van der Waals surface area contributed by atoms with Crippen LogP contribution in [0.25, 0.3) is 134 Å². The van der Waals surface area contributed by atoms with Crippen molar-refractivity contribution in [2.75, 3.05) is 28.4 Å². The maximum absolute atomic E-state index is 5.46. The van der Waals surface area contributed by atoms with Crippen LogP contribution in [0.1, 0.15) is 0 Å². The lowest BCUT2D eigenvalue weighted by atomic mass is 9.78. The summed E-state index contributed by atoms with van der Waals surface area (Å²) in [6.07, 6.45) is 0. The molecule has 0 heterocycles. The van der Waals surface area contributed by atoms with Crippen LogP contribution in [0, 0.1) is 0 Å². The molecule has 0 aromatic heterocycles. The van der Waals surface area contributed by atoms with Gasteiger partial charge in [-0.2, -0.15) is 0 Å². The van der Waals surface area contributed by atoms with E-state index in [1.807, 2.05) is 48.5 Å². The predicted octanol–water partition coefficient (Wildman–Crippen LogP) is 20.0. The lowest BCUT2D eigenvalue weighted by Crippen LogP contribution is -1.99. The Kier molecular flexibility index (Phi) is 13.2. The van der Waals surface area contributed by atoms with Crippen LogP contribution >= 0.6 is 0 Å². The van der Waals surface area contributed by atoms with Gasteiger partial charge in [-0.15, -0.1) is 0 Å². The van der Waals surface area contributed by atoms with Crippen molar-refractivity contribution in [3.05, 3.63) is 267 Å². The lowest BCUT2D eigenvalue weighted by Gasteiger charge is -2.25. The highest BCUT2D eigenvalue weighted by atomic mass is 16.5. The zero-order valence-electron chi connectivity index (χ0n) is 45.0. The van der Waals surface area contributed by atoms with Crippen molar-refractivity contribution in [3.8, 4) is 157 Å². The Morgan fingerprint density at radius 1 is 0.138 bits per heavy atom. The minimum atomic E-state index is 0.844. The molecule has 1 aliphatic rings. The second kappa shape index (κ2) is 21.3. The molecule has 13 rings (SSSR count). The first-order valence-corrected chi connectivity index (χ1v) is 27.0. The Morgan fingerprint density at radius 2 is 0.263 bits per heavy atom. The normalized spacial score (nSPS) is 11.2. The molecule has 0 atom stereocenters. The molecule has 0 saturated heterocycles. The van der Waals surface area contributed by atoms with Crippen molar-refractivity contribution in [2.24, 2.45) is 0 Å². The molecule has 0 radical (unpaired) electrons. The van der Waals surface area contributed by atoms with Crippen molar-refractivity contribution in [1.82, 2.24) is 0 Å². The summed E-state index contributed by atoms with van der Waals surface area (Å²) in [5.41, 5.74) is 27.8. The molecular formula is C76H56O4. The van der Waals surface area contributed by atoms with E-state index in [0.717, 1.165) is 112 Å². The van der Waals surface area contributed by atoms with Crippen LogP contribution in [0.15, 0.2) is 267 Å². The molecule has 0 fully saturated rings. The molecular weight excluding hydrogens is 977 g/mol. The molecule has 384 valence electrons. The van der Waals surface area contributed by atoms with Gasteiger partial charge in [0.2, 0.25) is 0 Å². The maximum Gasteiger partial charge on any atom is 0.118 e. The van der Waals surface area contributed by atoms with E-state index in [1.54, 1.807) is 28.4 Å². The van der Waals surface area contributed by atoms with Crippen molar-refractivity contribution in [2.45, 2.75) is 0 Å². The monoisotopic (exact) mass is 1030 g/mol. The fourth-order valence-corrected chi connectivity index (χ4v) is 11.3. The first-order chi connectivity index (χ1) is 39.4. The van der Waals surface area contributed by atoms with Gasteiger partial charge in [0.05, 0.1) is 28.4 Å². The molecule has 1 aliphatic carbocycles. The summed E-state index contributed by atoms with van der Waals surface area (Å²) in [6.45, 7) is 0. The third-order valence-electron chi connectivity index (χ3n) is 15.8. The van der Waals surface area contributed by atoms with Crippen LogP contribution in [0.4, 0.5) is 0 Å². The molecule has 0 bridgehead atoms. The van der Waals surface area contributed by atoms with E-state index in [0.29, 0.717) is 0 Å². The summed E-state index contributed by atoms with van der Waals surface area (Å²) >= 11 is 0. The third kappa shape index (κ3) is 9.58. The molecule has 0 saturated carbocycles. The molecule has 80 heavy (non-hydrogen) atoms. The first-order valence-electron chi connectivity index (χ1n) is 27.0. The van der Waals surface area contributed by atoms with Gasteiger partial charge in [0, 0.05) is 0 Å². The molecule has 0 aliphatic heterocycles. The van der Waals surface area contributed by atoms with Gasteiger partial charge in [-0.05, 0) is 206 Å². The Hall–Kier alpha value is -10.2. The van der Waals surface area contributed by atoms with Gasteiger partial charge < -0.3 is 18.9 Å². The fraction of sp³-hybridized carbons (Fsp3) is 0.0526. The van der Waals surface area contributed by atoms with E-state index in [4.69, 9.17) is 18.9 Å². The molecule has 12 aromatic rings. The summed E-state index contributed by atoms with van der Waals surface area (Å²) < 4.78 is 21.8. The zero-order valence-corrected chi connectivity index (χ0v) is 45.0. The highest BCUT2D eigenvalue weighted by Crippen LogP contribution is 2.51. The summed E-state index contributed by atoms with van der Waals surface area (Å²) in [4.78, 5) is 0. The van der Waals surface area contributed by atoms with Crippen LogP contribution in [0.2, 0.25) is 0 Å². The number of fused-ring (bicyclic) bond motifs is 8. The first kappa shape index (κ1) is 49.4. The highest BCUT2D eigenvalue weighted by Gasteiger charge is 2.25. The molecule has 0 spiro atoms. The fourth-order valence-electron chi connectivity index (χ4n) is 11.3. The van der Waals surface area contributed by atoms with Gasteiger partial charge in [-0.1, -0.05) is 194 Å². The third-order valence-corrected chi connectivity index (χ3v) is 15.8. The standard InChI is InChI=1S/C76H56O4/c1-77-65-33-21-53(22-34-65)49-5-13-57(14-6-49)61-29-41-69-70-42-30-63(59-17-9-51(10-18-59)55-25-37-67(79-3)38-26-55)47-75(70)76-48-64(60-19-11-52(12-20-60)56-27-39-68(80-4)40-28-56)32-44-72(76)71-43-31-62(46-74(71)73(69)45-61)58-15-7-50(8-16-58)54-23-35-66(78-2)36-24-54/h5-48H,1-4H3. The SMILES string of the molecule is COc1ccc(-c2ccc(-c3ccc4c(c3)-c3cc(-c5ccc(-c6ccc(OC)cc6)cc5)ccc3-c3ccc(-c5ccc(-c6ccc(OC)cc6)cc5)cc3-c3cc(-c5ccc(-c6ccc(OC)cc6)cc5)ccc3-4)cc2)cc1. The summed E-state index contributed by atoms with van der Waals surface area (Å²) in [5.74, 6) is 3.38. The Balaban J connectivity index is 0.974. The van der Waals surface area contributed by atoms with Gasteiger partial charge in [0.1, 0.15) is 23.0 Å². The van der Waals surface area contributed by atoms with Crippen molar-refractivity contribution < 1.29 is 18.9 Å². The summed E-state index contributed by atoms with van der Waals surface area (Å²) in [6, 6.07) is 96.9. The number of benzene rings is 12. The number of methoxy groups -OCH3 is 4. The summed E-state index contributed by atoms with van der Waals surface area (Å²) in [5, 5.41) is 0. The van der Waals surface area contributed by atoms with Crippen LogP contribution in [-0.2, 0) is 0 Å². The van der Waals surface area contributed by atoms with Gasteiger partial charge in [0.25, 0.3) is 0 Å². The minimum absolute atomic E-state index is 0.844. The largest absolute Gasteiger partial charge is 0.497 e. The summed E-state index contributed by atoms with van der Waals surface area (Å²) in [7, 11) is 6.81. The van der Waals surface area contributed by atoms with Crippen LogP contribution in [-0.4, -0.2) is 28.4 Å². The average molecular weight is 1030 g/mol. The van der Waals surface area contributed by atoms with E-state index in [9.17, 15) is 0 Å². The van der Waals surface area contributed by atoms with Gasteiger partial charge in [0.15, 0.2) is 0 Å². The predicted molar refractivity (Wildman–Crippen MR) is 331 cm³/mol. The van der Waals surface area contributed by atoms with Crippen LogP contribution < -0.4 is 18.9 Å². The topological polar surface area (TPSA) is 36.9 Å². The smallest absolute Gasteiger partial charge is 0.118 e. The molecule has 12 aromatic carbocycles. The van der Waals surface area contributed by atoms with Crippen molar-refractivity contribution in [1.29, 1.82) is 0 Å². The van der Waals surface area contributed by atoms with Gasteiger partial charge >= 0.3 is 0 Å². The second-order valence-corrected chi connectivity index (χ2v) is 20.3. The Labute approximate surface area is 468 Å². The molecule has 4 heteroatoms. The van der Waals surface area contributed by atoms with Gasteiger partial charge in [-0.25, -0.2) is 0 Å². The molecule has 4 nitrogen and oxygen atoms in total. The Morgan fingerprint density at radius 3 is 0.412 bits per heavy atom.